The zero-order valence-electron chi connectivity index (χ0n) is 15.6. The number of rotatable bonds is 5. The topological polar surface area (TPSA) is 56.3 Å². The Morgan fingerprint density at radius 2 is 1.60 bits per heavy atom. The molecule has 0 atom stereocenters. The first-order chi connectivity index (χ1) is 14.5. The average molecular weight is 481 g/mol. The average Bonchev–Trinajstić information content (AvgIpc) is 2.77. The Morgan fingerprint density at radius 3 is 2.37 bits per heavy atom. The van der Waals surface area contributed by atoms with E-state index in [4.69, 9.17) is 16.3 Å². The molecule has 0 unspecified atom stereocenters. The number of esters is 1. The van der Waals surface area contributed by atoms with Crippen molar-refractivity contribution in [1.82, 2.24) is 4.98 Å². The lowest BCUT2D eigenvalue weighted by molar-refractivity contribution is 0.0476. The first-order valence-corrected chi connectivity index (χ1v) is 10.3. The summed E-state index contributed by atoms with van der Waals surface area (Å²) < 4.78 is 6.28. The number of fused-ring (bicyclic) bond motifs is 1. The van der Waals surface area contributed by atoms with E-state index in [1.54, 1.807) is 36.4 Å². The Morgan fingerprint density at radius 1 is 0.900 bits per heavy atom. The molecular weight excluding hydrogens is 466 g/mol. The zero-order chi connectivity index (χ0) is 21.1. The maximum atomic E-state index is 12.9. The second-order valence-electron chi connectivity index (χ2n) is 6.56. The standard InChI is InChI=1S/C24H15BrClNO3/c25-16-11-9-15(10-12-16)22-13-19(17-5-2-4-8-21(17)27-22)24(29)30-14-23(28)18-6-1-3-7-20(18)26/h1-13H,14H2. The lowest BCUT2D eigenvalue weighted by Crippen LogP contribution is -2.15. The van der Waals surface area contributed by atoms with Crippen LogP contribution in [0.2, 0.25) is 5.02 Å². The van der Waals surface area contributed by atoms with Gasteiger partial charge in [-0.15, -0.1) is 0 Å². The molecule has 0 spiro atoms. The highest BCUT2D eigenvalue weighted by Crippen LogP contribution is 2.26. The number of ketones is 1. The van der Waals surface area contributed by atoms with E-state index in [2.05, 4.69) is 20.9 Å². The van der Waals surface area contributed by atoms with E-state index in [1.807, 2.05) is 42.5 Å². The van der Waals surface area contributed by atoms with E-state index in [9.17, 15) is 9.59 Å². The van der Waals surface area contributed by atoms with Crippen molar-refractivity contribution in [3.05, 3.63) is 99.5 Å². The monoisotopic (exact) mass is 479 g/mol. The van der Waals surface area contributed by atoms with E-state index >= 15 is 0 Å². The predicted octanol–water partition coefficient (Wildman–Crippen LogP) is 6.36. The number of ether oxygens (including phenoxy) is 1. The van der Waals surface area contributed by atoms with E-state index in [-0.39, 0.29) is 5.78 Å². The number of para-hydroxylation sites is 1. The molecule has 0 fully saturated rings. The SMILES string of the molecule is O=C(COC(=O)c1cc(-c2ccc(Br)cc2)nc2ccccc12)c1ccccc1Cl. The summed E-state index contributed by atoms with van der Waals surface area (Å²) >= 11 is 9.47. The highest BCUT2D eigenvalue weighted by atomic mass is 79.9. The third-order valence-corrected chi connectivity index (χ3v) is 5.44. The number of halogens is 2. The minimum absolute atomic E-state index is 0.321. The van der Waals surface area contributed by atoms with Crippen LogP contribution in [0.5, 0.6) is 0 Å². The third-order valence-electron chi connectivity index (χ3n) is 4.58. The molecule has 4 nitrogen and oxygen atoms in total. The number of Topliss-reactive ketones (excluding diaryl/α,β-unsaturated/α-hetero) is 1. The number of nitrogens with zero attached hydrogens (tertiary/aromatic N) is 1. The van der Waals surface area contributed by atoms with E-state index < -0.39 is 12.6 Å². The van der Waals surface area contributed by atoms with Crippen molar-refractivity contribution in [2.75, 3.05) is 6.61 Å². The fraction of sp³-hybridized carbons (Fsp3) is 0.0417. The number of carbonyl (C=O) groups is 2. The smallest absolute Gasteiger partial charge is 0.339 e. The Labute approximate surface area is 186 Å². The van der Waals surface area contributed by atoms with Crippen molar-refractivity contribution >= 4 is 50.2 Å². The van der Waals surface area contributed by atoms with Gasteiger partial charge >= 0.3 is 5.97 Å². The second kappa shape index (κ2) is 8.78. The fourth-order valence-electron chi connectivity index (χ4n) is 3.09. The number of benzene rings is 3. The van der Waals surface area contributed by atoms with Gasteiger partial charge in [-0.1, -0.05) is 70.0 Å². The minimum atomic E-state index is -0.590. The summed E-state index contributed by atoms with van der Waals surface area (Å²) in [6.07, 6.45) is 0. The molecule has 0 aliphatic rings. The molecular formula is C24H15BrClNO3. The van der Waals surface area contributed by atoms with Crippen LogP contribution in [0.15, 0.2) is 83.3 Å². The number of hydrogen-bond acceptors (Lipinski definition) is 4. The van der Waals surface area contributed by atoms with Crippen LogP contribution in [0.3, 0.4) is 0 Å². The summed E-state index contributed by atoms with van der Waals surface area (Å²) in [7, 11) is 0. The minimum Gasteiger partial charge on any atom is -0.454 e. The van der Waals surface area contributed by atoms with Crippen molar-refractivity contribution in [3.8, 4) is 11.3 Å². The summed E-state index contributed by atoms with van der Waals surface area (Å²) in [6, 6.07) is 23.3. The van der Waals surface area contributed by atoms with Gasteiger partial charge in [-0.3, -0.25) is 4.79 Å². The summed E-state index contributed by atoms with van der Waals surface area (Å²) in [5, 5.41) is 0.985. The molecule has 1 aromatic heterocycles. The van der Waals surface area contributed by atoms with Crippen LogP contribution in [-0.2, 0) is 4.74 Å². The Hall–Kier alpha value is -3.02. The Balaban J connectivity index is 1.65. The van der Waals surface area contributed by atoms with Gasteiger partial charge in [-0.25, -0.2) is 9.78 Å². The van der Waals surface area contributed by atoms with Gasteiger partial charge in [0, 0.05) is 21.0 Å². The Bertz CT molecular complexity index is 1260. The van der Waals surface area contributed by atoms with Crippen LogP contribution in [0.25, 0.3) is 22.2 Å². The van der Waals surface area contributed by atoms with Crippen LogP contribution in [0.4, 0.5) is 0 Å². The van der Waals surface area contributed by atoms with Crippen molar-refractivity contribution in [1.29, 1.82) is 0 Å². The van der Waals surface area contributed by atoms with Crippen molar-refractivity contribution in [2.45, 2.75) is 0 Å². The first kappa shape index (κ1) is 20.3. The lowest BCUT2D eigenvalue weighted by atomic mass is 10.0. The van der Waals surface area contributed by atoms with E-state index in [1.165, 1.54) is 0 Å². The molecule has 0 saturated heterocycles. The molecule has 30 heavy (non-hydrogen) atoms. The predicted molar refractivity (Wildman–Crippen MR) is 121 cm³/mol. The summed E-state index contributed by atoms with van der Waals surface area (Å²) in [5.74, 6) is -0.951. The first-order valence-electron chi connectivity index (χ1n) is 9.13. The molecule has 4 rings (SSSR count). The quantitative estimate of drug-likeness (QED) is 0.246. The summed E-state index contributed by atoms with van der Waals surface area (Å²) in [4.78, 5) is 29.9. The van der Waals surface area contributed by atoms with Gasteiger partial charge in [0.05, 0.1) is 21.8 Å². The largest absolute Gasteiger partial charge is 0.454 e. The third kappa shape index (κ3) is 4.27. The summed E-state index contributed by atoms with van der Waals surface area (Å²) in [6.45, 7) is -0.396. The molecule has 0 amide bonds. The molecule has 0 bridgehead atoms. The van der Waals surface area contributed by atoms with Gasteiger partial charge in [0.1, 0.15) is 0 Å². The molecule has 148 valence electrons. The number of carbonyl (C=O) groups excluding carboxylic acids is 2. The molecule has 0 aliphatic carbocycles. The number of hydrogen-bond donors (Lipinski definition) is 0. The molecule has 1 heterocycles. The van der Waals surface area contributed by atoms with Crippen LogP contribution >= 0.6 is 27.5 Å². The number of aromatic nitrogens is 1. The van der Waals surface area contributed by atoms with Crippen molar-refractivity contribution in [3.63, 3.8) is 0 Å². The van der Waals surface area contributed by atoms with Crippen LogP contribution in [-0.4, -0.2) is 23.3 Å². The van der Waals surface area contributed by atoms with Gasteiger partial charge in [-0.05, 0) is 36.4 Å². The van der Waals surface area contributed by atoms with E-state index in [0.717, 1.165) is 10.0 Å². The maximum absolute atomic E-state index is 12.9. The van der Waals surface area contributed by atoms with E-state index in [0.29, 0.717) is 32.7 Å². The summed E-state index contributed by atoms with van der Waals surface area (Å²) in [5.41, 5.74) is 2.85. The molecule has 3 aromatic carbocycles. The normalized spacial score (nSPS) is 10.7. The van der Waals surface area contributed by atoms with Crippen molar-refractivity contribution < 1.29 is 14.3 Å². The maximum Gasteiger partial charge on any atom is 0.339 e. The zero-order valence-corrected chi connectivity index (χ0v) is 18.0. The highest BCUT2D eigenvalue weighted by molar-refractivity contribution is 9.10. The molecule has 0 radical (unpaired) electrons. The fourth-order valence-corrected chi connectivity index (χ4v) is 3.59. The van der Waals surface area contributed by atoms with Gasteiger partial charge in [0.25, 0.3) is 0 Å². The molecule has 6 heteroatoms. The molecule has 4 aromatic rings. The van der Waals surface area contributed by atoms with Crippen LogP contribution in [0.1, 0.15) is 20.7 Å². The molecule has 0 aliphatic heterocycles. The van der Waals surface area contributed by atoms with Gasteiger partial charge in [0.2, 0.25) is 5.78 Å². The van der Waals surface area contributed by atoms with Gasteiger partial charge in [0.15, 0.2) is 6.61 Å². The molecule has 0 N–H and O–H groups in total. The molecule has 0 saturated carbocycles. The van der Waals surface area contributed by atoms with Gasteiger partial charge in [-0.2, -0.15) is 0 Å². The lowest BCUT2D eigenvalue weighted by Gasteiger charge is -2.10. The van der Waals surface area contributed by atoms with Gasteiger partial charge < -0.3 is 4.74 Å². The second-order valence-corrected chi connectivity index (χ2v) is 7.88. The Kier molecular flexibility index (Phi) is 5.93. The highest BCUT2D eigenvalue weighted by Gasteiger charge is 2.18. The van der Waals surface area contributed by atoms with Crippen LogP contribution < -0.4 is 0 Å². The van der Waals surface area contributed by atoms with Crippen LogP contribution in [0, 0.1) is 0 Å². The number of pyridine rings is 1. The van der Waals surface area contributed by atoms with Crippen molar-refractivity contribution in [2.24, 2.45) is 0 Å².